The van der Waals surface area contributed by atoms with Gasteiger partial charge in [0, 0.05) is 43.7 Å². The van der Waals surface area contributed by atoms with E-state index in [2.05, 4.69) is 27.4 Å². The van der Waals surface area contributed by atoms with Crippen LogP contribution in [0.5, 0.6) is 5.75 Å². The Morgan fingerprint density at radius 2 is 1.91 bits per heavy atom. The molecule has 2 aromatic carbocycles. The van der Waals surface area contributed by atoms with Gasteiger partial charge in [-0.2, -0.15) is 0 Å². The lowest BCUT2D eigenvalue weighted by atomic mass is 9.90. The van der Waals surface area contributed by atoms with Crippen LogP contribution in [0.2, 0.25) is 0 Å². The predicted molar refractivity (Wildman–Crippen MR) is 121 cm³/mol. The van der Waals surface area contributed by atoms with E-state index in [0.717, 1.165) is 17.0 Å². The van der Waals surface area contributed by atoms with Crippen molar-refractivity contribution in [3.63, 3.8) is 0 Å². The van der Waals surface area contributed by atoms with Crippen LogP contribution >= 0.6 is 0 Å². The molecule has 0 radical (unpaired) electrons. The number of aryl methyl sites for hydroxylation is 1. The van der Waals surface area contributed by atoms with E-state index in [1.165, 1.54) is 5.56 Å². The van der Waals surface area contributed by atoms with E-state index < -0.39 is 6.04 Å². The van der Waals surface area contributed by atoms with Crippen LogP contribution in [-0.2, 0) is 22.4 Å². The molecule has 0 spiro atoms. The number of imidazole rings is 1. The highest BCUT2D eigenvalue weighted by atomic mass is 16.5. The molecule has 32 heavy (non-hydrogen) atoms. The molecule has 1 aliphatic heterocycles. The number of benzene rings is 2. The van der Waals surface area contributed by atoms with Crippen molar-refractivity contribution in [2.45, 2.75) is 31.2 Å². The van der Waals surface area contributed by atoms with E-state index in [-0.39, 0.29) is 11.8 Å². The van der Waals surface area contributed by atoms with Gasteiger partial charge in [-0.25, -0.2) is 4.98 Å². The molecule has 7 heteroatoms. The zero-order valence-corrected chi connectivity index (χ0v) is 18.2. The quantitative estimate of drug-likeness (QED) is 0.544. The van der Waals surface area contributed by atoms with Crippen molar-refractivity contribution >= 4 is 11.8 Å². The first-order valence-electron chi connectivity index (χ1n) is 10.9. The van der Waals surface area contributed by atoms with Crippen molar-refractivity contribution in [3.05, 3.63) is 83.9 Å². The first-order chi connectivity index (χ1) is 15.6. The van der Waals surface area contributed by atoms with E-state index in [1.54, 1.807) is 19.6 Å². The molecule has 1 aliphatic rings. The monoisotopic (exact) mass is 432 g/mol. The second kappa shape index (κ2) is 10.1. The summed E-state index contributed by atoms with van der Waals surface area (Å²) in [5.74, 6) is 0.918. The zero-order valence-electron chi connectivity index (χ0n) is 18.2. The third-order valence-corrected chi connectivity index (χ3v) is 5.87. The molecule has 0 saturated carbocycles. The van der Waals surface area contributed by atoms with Gasteiger partial charge in [0.05, 0.1) is 13.4 Å². The van der Waals surface area contributed by atoms with Crippen LogP contribution in [0.4, 0.5) is 0 Å². The van der Waals surface area contributed by atoms with Crippen LogP contribution in [-0.4, -0.2) is 52.9 Å². The summed E-state index contributed by atoms with van der Waals surface area (Å²) in [4.78, 5) is 34.7. The number of nitrogens with one attached hydrogen (secondary N) is 2. The fourth-order valence-corrected chi connectivity index (χ4v) is 3.95. The van der Waals surface area contributed by atoms with Gasteiger partial charge >= 0.3 is 0 Å². The summed E-state index contributed by atoms with van der Waals surface area (Å²) in [5, 5.41) is 2.96. The standard InChI is InChI=1S/C25H28N4O3/c1-32-22-10-7-18(8-11-22)13-23(28-24(30)12-9-21-14-26-17-27-21)25(31)29-15-20(16-29)19-5-3-2-4-6-19/h2-8,10-11,14,17,20,23H,9,12-13,15-16H2,1H3,(H,26,27)(H,28,30). The Morgan fingerprint density at radius 1 is 1.16 bits per heavy atom. The van der Waals surface area contributed by atoms with Gasteiger partial charge in [-0.3, -0.25) is 9.59 Å². The maximum Gasteiger partial charge on any atom is 0.245 e. The molecule has 0 bridgehead atoms. The number of rotatable bonds is 9. The second-order valence-corrected chi connectivity index (χ2v) is 8.10. The number of carbonyl (C=O) groups excluding carboxylic acids is 2. The lowest BCUT2D eigenvalue weighted by molar-refractivity contribution is -0.140. The molecule has 1 saturated heterocycles. The first-order valence-corrected chi connectivity index (χ1v) is 10.9. The van der Waals surface area contributed by atoms with Gasteiger partial charge < -0.3 is 19.9 Å². The highest BCUT2D eigenvalue weighted by Crippen LogP contribution is 2.27. The van der Waals surface area contributed by atoms with Crippen molar-refractivity contribution in [1.82, 2.24) is 20.2 Å². The number of hydrogen-bond donors (Lipinski definition) is 2. The first kappa shape index (κ1) is 21.6. The number of methoxy groups -OCH3 is 1. The number of aromatic amines is 1. The number of amides is 2. The molecule has 1 atom stereocenters. The molecule has 2 heterocycles. The van der Waals surface area contributed by atoms with Crippen LogP contribution < -0.4 is 10.1 Å². The average molecular weight is 433 g/mol. The van der Waals surface area contributed by atoms with Crippen LogP contribution in [0.25, 0.3) is 0 Å². The SMILES string of the molecule is COc1ccc(CC(NC(=O)CCc2cnc[nH]2)C(=O)N2CC(c3ccccc3)C2)cc1. The number of ether oxygens (including phenoxy) is 1. The minimum absolute atomic E-state index is 0.0390. The molecule has 7 nitrogen and oxygen atoms in total. The van der Waals surface area contributed by atoms with E-state index in [1.807, 2.05) is 47.4 Å². The number of carbonyl (C=O) groups is 2. The molecule has 3 aromatic rings. The number of aromatic nitrogens is 2. The average Bonchev–Trinajstić information content (AvgIpc) is 3.31. The molecular weight excluding hydrogens is 404 g/mol. The highest BCUT2D eigenvalue weighted by Gasteiger charge is 2.35. The summed E-state index contributed by atoms with van der Waals surface area (Å²) in [7, 11) is 1.62. The molecule has 1 aromatic heterocycles. The van der Waals surface area contributed by atoms with Crippen LogP contribution in [0, 0.1) is 0 Å². The summed E-state index contributed by atoms with van der Waals surface area (Å²) in [6, 6.07) is 17.2. The number of hydrogen-bond acceptors (Lipinski definition) is 4. The summed E-state index contributed by atoms with van der Waals surface area (Å²) in [5.41, 5.74) is 3.11. The topological polar surface area (TPSA) is 87.3 Å². The van der Waals surface area contributed by atoms with Gasteiger partial charge in [-0.05, 0) is 29.7 Å². The molecule has 1 fully saturated rings. The van der Waals surface area contributed by atoms with Gasteiger partial charge in [-0.15, -0.1) is 0 Å². The fraction of sp³-hybridized carbons (Fsp3) is 0.320. The Balaban J connectivity index is 1.40. The number of nitrogens with zero attached hydrogens (tertiary/aromatic N) is 2. The van der Waals surface area contributed by atoms with Crippen molar-refractivity contribution in [1.29, 1.82) is 0 Å². The van der Waals surface area contributed by atoms with Crippen molar-refractivity contribution in [2.24, 2.45) is 0 Å². The predicted octanol–water partition coefficient (Wildman–Crippen LogP) is 2.70. The van der Waals surface area contributed by atoms with Crippen LogP contribution in [0.1, 0.15) is 29.2 Å². The fourth-order valence-electron chi connectivity index (χ4n) is 3.95. The van der Waals surface area contributed by atoms with E-state index in [4.69, 9.17) is 4.74 Å². The highest BCUT2D eigenvalue weighted by molar-refractivity contribution is 5.88. The Morgan fingerprint density at radius 3 is 2.56 bits per heavy atom. The summed E-state index contributed by atoms with van der Waals surface area (Å²) >= 11 is 0. The molecule has 4 rings (SSSR count). The van der Waals surface area contributed by atoms with Crippen molar-refractivity contribution < 1.29 is 14.3 Å². The Bertz CT molecular complexity index is 1010. The summed E-state index contributed by atoms with van der Waals surface area (Å²) in [6.07, 6.45) is 4.58. The third-order valence-electron chi connectivity index (χ3n) is 5.87. The maximum absolute atomic E-state index is 13.3. The Hall–Kier alpha value is -3.61. The molecular formula is C25H28N4O3. The van der Waals surface area contributed by atoms with E-state index in [9.17, 15) is 9.59 Å². The zero-order chi connectivity index (χ0) is 22.3. The molecule has 2 N–H and O–H groups in total. The molecule has 1 unspecified atom stereocenters. The molecule has 0 aliphatic carbocycles. The second-order valence-electron chi connectivity index (χ2n) is 8.10. The van der Waals surface area contributed by atoms with E-state index >= 15 is 0 Å². The minimum Gasteiger partial charge on any atom is -0.497 e. The maximum atomic E-state index is 13.3. The smallest absolute Gasteiger partial charge is 0.245 e. The van der Waals surface area contributed by atoms with Gasteiger partial charge in [0.1, 0.15) is 11.8 Å². The minimum atomic E-state index is -0.602. The van der Waals surface area contributed by atoms with Crippen molar-refractivity contribution in [2.75, 3.05) is 20.2 Å². The summed E-state index contributed by atoms with van der Waals surface area (Å²) < 4.78 is 5.22. The number of likely N-dealkylation sites (tertiary alicyclic amines) is 1. The largest absolute Gasteiger partial charge is 0.497 e. The number of H-pyrrole nitrogens is 1. The van der Waals surface area contributed by atoms with E-state index in [0.29, 0.717) is 38.3 Å². The lowest BCUT2D eigenvalue weighted by Gasteiger charge is -2.41. The lowest BCUT2D eigenvalue weighted by Crippen LogP contribution is -2.56. The van der Waals surface area contributed by atoms with Gasteiger partial charge in [-0.1, -0.05) is 42.5 Å². The Labute approximate surface area is 187 Å². The molecule has 166 valence electrons. The van der Waals surface area contributed by atoms with Crippen LogP contribution in [0.15, 0.2) is 67.1 Å². The van der Waals surface area contributed by atoms with Gasteiger partial charge in [0.15, 0.2) is 0 Å². The van der Waals surface area contributed by atoms with Gasteiger partial charge in [0.25, 0.3) is 0 Å². The summed E-state index contributed by atoms with van der Waals surface area (Å²) in [6.45, 7) is 1.35. The van der Waals surface area contributed by atoms with Gasteiger partial charge in [0.2, 0.25) is 11.8 Å². The van der Waals surface area contributed by atoms with Crippen LogP contribution in [0.3, 0.4) is 0 Å². The molecule has 2 amide bonds. The third kappa shape index (κ3) is 5.35. The Kier molecular flexibility index (Phi) is 6.84. The van der Waals surface area contributed by atoms with Crippen molar-refractivity contribution in [3.8, 4) is 5.75 Å². The normalized spacial score (nSPS) is 14.5.